The van der Waals surface area contributed by atoms with Crippen molar-refractivity contribution in [3.8, 4) is 0 Å². The van der Waals surface area contributed by atoms with Crippen molar-refractivity contribution in [3.63, 3.8) is 0 Å². The molecule has 0 heterocycles. The second-order valence-electron chi connectivity index (χ2n) is 4.53. The van der Waals surface area contributed by atoms with Gasteiger partial charge in [-0.2, -0.15) is 0 Å². The lowest BCUT2D eigenvalue weighted by atomic mass is 9.75. The van der Waals surface area contributed by atoms with Crippen molar-refractivity contribution in [1.29, 1.82) is 0 Å². The summed E-state index contributed by atoms with van der Waals surface area (Å²) in [5.41, 5.74) is -0.950. The summed E-state index contributed by atoms with van der Waals surface area (Å²) in [6.45, 7) is 5.67. The maximum Gasteiger partial charge on any atom is 0.108 e. The number of alkyl halides is 1. The van der Waals surface area contributed by atoms with Crippen molar-refractivity contribution in [2.45, 2.75) is 52.1 Å². The molecule has 1 aliphatic rings. The molecule has 0 aromatic heterocycles. The Morgan fingerprint density at radius 2 is 1.91 bits per heavy atom. The van der Waals surface area contributed by atoms with Gasteiger partial charge in [-0.15, -0.1) is 0 Å². The topological polar surface area (TPSA) is 0 Å². The first kappa shape index (κ1) is 9.02. The van der Waals surface area contributed by atoms with E-state index in [1.165, 1.54) is 12.8 Å². The molecule has 0 aromatic rings. The molecule has 1 heteroatoms. The van der Waals surface area contributed by atoms with Gasteiger partial charge in [-0.25, -0.2) is 4.39 Å². The first-order valence-corrected chi connectivity index (χ1v) is 4.69. The van der Waals surface area contributed by atoms with Crippen molar-refractivity contribution in [2.75, 3.05) is 0 Å². The molecule has 1 fully saturated rings. The van der Waals surface area contributed by atoms with Crippen molar-refractivity contribution < 1.29 is 4.39 Å². The zero-order chi connectivity index (χ0) is 8.48. The van der Waals surface area contributed by atoms with Crippen LogP contribution in [0.2, 0.25) is 0 Å². The zero-order valence-electron chi connectivity index (χ0n) is 7.86. The molecule has 0 amide bonds. The average molecular weight is 158 g/mol. The minimum absolute atomic E-state index is 0.311. The second-order valence-corrected chi connectivity index (χ2v) is 4.53. The first-order chi connectivity index (χ1) is 5.00. The summed E-state index contributed by atoms with van der Waals surface area (Å²) in [6, 6.07) is 0. The normalized spacial score (nSPS) is 33.8. The fourth-order valence-corrected chi connectivity index (χ4v) is 2.06. The van der Waals surface area contributed by atoms with Gasteiger partial charge in [0.25, 0.3) is 0 Å². The fraction of sp³-hybridized carbons (Fsp3) is 1.00. The molecule has 1 saturated carbocycles. The van der Waals surface area contributed by atoms with Gasteiger partial charge < -0.3 is 0 Å². The van der Waals surface area contributed by atoms with Gasteiger partial charge in [-0.1, -0.05) is 19.8 Å². The maximum absolute atomic E-state index is 13.4. The minimum Gasteiger partial charge on any atom is -0.244 e. The molecule has 0 radical (unpaired) electrons. The minimum atomic E-state index is -0.950. The van der Waals surface area contributed by atoms with E-state index in [1.807, 2.05) is 0 Å². The lowest BCUT2D eigenvalue weighted by Crippen LogP contribution is -2.30. The molecule has 0 N–H and O–H groups in total. The summed E-state index contributed by atoms with van der Waals surface area (Å²) >= 11 is 0. The zero-order valence-corrected chi connectivity index (χ0v) is 7.86. The third-order valence-corrected chi connectivity index (χ3v) is 2.91. The van der Waals surface area contributed by atoms with Crippen LogP contribution in [0, 0.1) is 11.8 Å². The van der Waals surface area contributed by atoms with E-state index >= 15 is 0 Å². The number of halogens is 1. The van der Waals surface area contributed by atoms with E-state index in [2.05, 4.69) is 6.92 Å². The predicted molar refractivity (Wildman–Crippen MR) is 46.3 cm³/mol. The van der Waals surface area contributed by atoms with E-state index in [0.717, 1.165) is 18.8 Å². The van der Waals surface area contributed by atoms with Gasteiger partial charge in [0.15, 0.2) is 0 Å². The van der Waals surface area contributed by atoms with Crippen LogP contribution >= 0.6 is 0 Å². The van der Waals surface area contributed by atoms with E-state index in [1.54, 1.807) is 13.8 Å². The molecule has 1 rings (SSSR count). The molecule has 0 saturated heterocycles. The quantitative estimate of drug-likeness (QED) is 0.547. The third-order valence-electron chi connectivity index (χ3n) is 2.91. The Hall–Kier alpha value is -0.0700. The molecular formula is C10H19F. The summed E-state index contributed by atoms with van der Waals surface area (Å²) in [4.78, 5) is 0. The lowest BCUT2D eigenvalue weighted by molar-refractivity contribution is 0.0778. The summed E-state index contributed by atoms with van der Waals surface area (Å²) < 4.78 is 13.4. The van der Waals surface area contributed by atoms with Crippen LogP contribution in [0.15, 0.2) is 0 Å². The van der Waals surface area contributed by atoms with Crippen LogP contribution in [0.5, 0.6) is 0 Å². The molecule has 11 heavy (non-hydrogen) atoms. The monoisotopic (exact) mass is 158 g/mol. The highest BCUT2D eigenvalue weighted by Gasteiger charge is 2.32. The number of rotatable bonds is 1. The van der Waals surface area contributed by atoms with Crippen LogP contribution in [0.1, 0.15) is 46.5 Å². The van der Waals surface area contributed by atoms with E-state index in [4.69, 9.17) is 0 Å². The van der Waals surface area contributed by atoms with Crippen molar-refractivity contribution in [2.24, 2.45) is 11.8 Å². The maximum atomic E-state index is 13.4. The summed E-state index contributed by atoms with van der Waals surface area (Å²) in [7, 11) is 0. The molecule has 0 bridgehead atoms. The van der Waals surface area contributed by atoms with Crippen LogP contribution < -0.4 is 0 Å². The summed E-state index contributed by atoms with van der Waals surface area (Å²) in [5, 5.41) is 0. The van der Waals surface area contributed by atoms with Gasteiger partial charge in [0.05, 0.1) is 0 Å². The highest BCUT2D eigenvalue weighted by molar-refractivity contribution is 4.82. The van der Waals surface area contributed by atoms with Gasteiger partial charge in [0, 0.05) is 0 Å². The second kappa shape index (κ2) is 3.12. The van der Waals surface area contributed by atoms with Gasteiger partial charge in [-0.05, 0) is 38.5 Å². The Balaban J connectivity index is 2.46. The molecule has 0 aliphatic heterocycles. The Morgan fingerprint density at radius 1 is 1.27 bits per heavy atom. The molecular weight excluding hydrogens is 139 g/mol. The smallest absolute Gasteiger partial charge is 0.108 e. The molecule has 1 aliphatic carbocycles. The largest absolute Gasteiger partial charge is 0.244 e. The van der Waals surface area contributed by atoms with E-state index in [0.29, 0.717) is 5.92 Å². The first-order valence-electron chi connectivity index (χ1n) is 4.69. The number of hydrogen-bond donors (Lipinski definition) is 0. The average Bonchev–Trinajstić information content (AvgIpc) is 1.86. The van der Waals surface area contributed by atoms with Crippen LogP contribution in [-0.2, 0) is 0 Å². The Labute approximate surface area is 69.2 Å². The van der Waals surface area contributed by atoms with E-state index < -0.39 is 5.67 Å². The van der Waals surface area contributed by atoms with Crippen LogP contribution in [-0.4, -0.2) is 5.67 Å². The third kappa shape index (κ3) is 2.46. The fourth-order valence-electron chi connectivity index (χ4n) is 2.06. The van der Waals surface area contributed by atoms with Crippen molar-refractivity contribution >= 4 is 0 Å². The van der Waals surface area contributed by atoms with Gasteiger partial charge in [0.2, 0.25) is 0 Å². The van der Waals surface area contributed by atoms with Crippen molar-refractivity contribution in [1.82, 2.24) is 0 Å². The lowest BCUT2D eigenvalue weighted by Gasteiger charge is -2.33. The molecule has 66 valence electrons. The van der Waals surface area contributed by atoms with E-state index in [9.17, 15) is 4.39 Å². The van der Waals surface area contributed by atoms with Crippen LogP contribution in [0.3, 0.4) is 0 Å². The highest BCUT2D eigenvalue weighted by Crippen LogP contribution is 2.37. The number of hydrogen-bond acceptors (Lipinski definition) is 0. The van der Waals surface area contributed by atoms with Crippen LogP contribution in [0.4, 0.5) is 4.39 Å². The SMILES string of the molecule is C[C@@H]1CCCC(C(C)(C)F)C1. The molecule has 0 spiro atoms. The van der Waals surface area contributed by atoms with Gasteiger partial charge in [-0.3, -0.25) is 0 Å². The van der Waals surface area contributed by atoms with Crippen LogP contribution in [0.25, 0.3) is 0 Å². The Kier molecular flexibility index (Phi) is 2.56. The van der Waals surface area contributed by atoms with Gasteiger partial charge in [0.1, 0.15) is 5.67 Å². The highest BCUT2D eigenvalue weighted by atomic mass is 19.1. The summed E-state index contributed by atoms with van der Waals surface area (Å²) in [6.07, 6.45) is 4.70. The Bertz CT molecular complexity index is 123. The summed E-state index contributed by atoms with van der Waals surface area (Å²) in [5.74, 6) is 1.05. The predicted octanol–water partition coefficient (Wildman–Crippen LogP) is 3.56. The molecule has 2 atom stereocenters. The standard InChI is InChI=1S/C10H19F/c1-8-5-4-6-9(7-8)10(2,3)11/h8-9H,4-7H2,1-3H3/t8-,9?/m1/s1. The Morgan fingerprint density at radius 3 is 2.27 bits per heavy atom. The van der Waals surface area contributed by atoms with Crippen molar-refractivity contribution in [3.05, 3.63) is 0 Å². The molecule has 0 nitrogen and oxygen atoms in total. The van der Waals surface area contributed by atoms with E-state index in [-0.39, 0.29) is 0 Å². The molecule has 1 unspecified atom stereocenters. The molecule has 0 aromatic carbocycles. The van der Waals surface area contributed by atoms with Gasteiger partial charge >= 0.3 is 0 Å².